The van der Waals surface area contributed by atoms with Crippen LogP contribution in [0.1, 0.15) is 24.6 Å². The molecule has 0 spiro atoms. The summed E-state index contributed by atoms with van der Waals surface area (Å²) in [5, 5.41) is 5.59. The smallest absolute Gasteiger partial charge is 0.315 e. The molecule has 1 aliphatic rings. The summed E-state index contributed by atoms with van der Waals surface area (Å²) in [4.78, 5) is 13.9. The maximum Gasteiger partial charge on any atom is 0.315 e. The van der Waals surface area contributed by atoms with Gasteiger partial charge in [-0.2, -0.15) is 0 Å². The van der Waals surface area contributed by atoms with E-state index in [1.165, 1.54) is 12.8 Å². The molecule has 0 saturated carbocycles. The second kappa shape index (κ2) is 6.99. The number of carbonyl (C=O) groups is 1. The van der Waals surface area contributed by atoms with E-state index in [1.807, 2.05) is 12.1 Å². The molecule has 1 aliphatic heterocycles. The highest BCUT2D eigenvalue weighted by Gasteiger charge is 2.25. The summed E-state index contributed by atoms with van der Waals surface area (Å²) in [6, 6.07) is 3.80. The van der Waals surface area contributed by atoms with Crippen LogP contribution >= 0.6 is 0 Å². The Morgan fingerprint density at radius 2 is 2.26 bits per heavy atom. The summed E-state index contributed by atoms with van der Waals surface area (Å²) >= 11 is 0. The van der Waals surface area contributed by atoms with Gasteiger partial charge in [-0.15, -0.1) is 6.58 Å². The average Bonchev–Trinajstić information content (AvgIpc) is 3.09. The van der Waals surface area contributed by atoms with Crippen molar-refractivity contribution < 1.29 is 9.21 Å². The van der Waals surface area contributed by atoms with Crippen molar-refractivity contribution in [1.29, 1.82) is 0 Å². The Balaban J connectivity index is 1.90. The molecule has 1 saturated heterocycles. The van der Waals surface area contributed by atoms with Crippen molar-refractivity contribution >= 4 is 6.03 Å². The minimum Gasteiger partial charge on any atom is -0.468 e. The number of rotatable bonds is 6. The first-order valence-corrected chi connectivity index (χ1v) is 6.71. The summed E-state index contributed by atoms with van der Waals surface area (Å²) in [6.07, 6.45) is 5.75. The lowest BCUT2D eigenvalue weighted by atomic mass is 10.2. The van der Waals surface area contributed by atoms with Crippen molar-refractivity contribution in [2.45, 2.75) is 18.9 Å². The van der Waals surface area contributed by atoms with E-state index in [2.05, 4.69) is 22.1 Å². The quantitative estimate of drug-likeness (QED) is 0.771. The van der Waals surface area contributed by atoms with Crippen molar-refractivity contribution in [2.75, 3.05) is 26.2 Å². The van der Waals surface area contributed by atoms with Gasteiger partial charge in [0.2, 0.25) is 0 Å². The zero-order valence-electron chi connectivity index (χ0n) is 11.1. The molecule has 0 bridgehead atoms. The summed E-state index contributed by atoms with van der Waals surface area (Å²) in [5.41, 5.74) is 0. The number of hydrogen-bond acceptors (Lipinski definition) is 3. The molecule has 5 heteroatoms. The predicted molar refractivity (Wildman–Crippen MR) is 73.9 cm³/mol. The third-order valence-corrected chi connectivity index (χ3v) is 3.32. The number of urea groups is 1. The molecule has 0 aliphatic carbocycles. The van der Waals surface area contributed by atoms with Gasteiger partial charge in [-0.25, -0.2) is 4.79 Å². The molecular formula is C14H21N3O2. The number of likely N-dealkylation sites (tertiary alicyclic amines) is 1. The number of hydrogen-bond donors (Lipinski definition) is 2. The molecular weight excluding hydrogens is 242 g/mol. The Bertz CT molecular complexity index is 397. The summed E-state index contributed by atoms with van der Waals surface area (Å²) in [6.45, 7) is 6.70. The normalized spacial score (nSPS) is 17.1. The molecule has 0 aromatic carbocycles. The third-order valence-electron chi connectivity index (χ3n) is 3.32. The Morgan fingerprint density at radius 1 is 1.47 bits per heavy atom. The topological polar surface area (TPSA) is 57.5 Å². The van der Waals surface area contributed by atoms with Gasteiger partial charge in [0.05, 0.1) is 12.3 Å². The molecule has 1 aromatic heterocycles. The van der Waals surface area contributed by atoms with Gasteiger partial charge in [0.25, 0.3) is 0 Å². The Labute approximate surface area is 113 Å². The minimum absolute atomic E-state index is 0.118. The van der Waals surface area contributed by atoms with Gasteiger partial charge in [-0.3, -0.25) is 4.90 Å². The molecule has 1 atom stereocenters. The average molecular weight is 263 g/mol. The van der Waals surface area contributed by atoms with E-state index in [0.29, 0.717) is 13.1 Å². The second-order valence-electron chi connectivity index (χ2n) is 4.65. The third kappa shape index (κ3) is 3.86. The fraction of sp³-hybridized carbons (Fsp3) is 0.500. The van der Waals surface area contributed by atoms with Crippen molar-refractivity contribution in [3.05, 3.63) is 36.8 Å². The van der Waals surface area contributed by atoms with E-state index in [1.54, 1.807) is 12.3 Å². The number of carbonyl (C=O) groups excluding carboxylic acids is 1. The Morgan fingerprint density at radius 3 is 2.89 bits per heavy atom. The van der Waals surface area contributed by atoms with E-state index in [9.17, 15) is 4.79 Å². The SMILES string of the molecule is C=CCNC(=O)NCC(c1ccco1)N1CCCC1. The first-order chi connectivity index (χ1) is 9.31. The van der Waals surface area contributed by atoms with E-state index in [-0.39, 0.29) is 12.1 Å². The van der Waals surface area contributed by atoms with Crippen LogP contribution in [0.5, 0.6) is 0 Å². The van der Waals surface area contributed by atoms with Gasteiger partial charge in [0.15, 0.2) is 0 Å². The Hall–Kier alpha value is -1.75. The highest BCUT2D eigenvalue weighted by Crippen LogP contribution is 2.24. The molecule has 104 valence electrons. The standard InChI is InChI=1S/C14H21N3O2/c1-2-7-15-14(18)16-11-12(13-6-5-10-19-13)17-8-3-4-9-17/h2,5-6,10,12H,1,3-4,7-9,11H2,(H2,15,16,18). The molecule has 2 N–H and O–H groups in total. The summed E-state index contributed by atoms with van der Waals surface area (Å²) in [5.74, 6) is 0.908. The van der Waals surface area contributed by atoms with Crippen molar-refractivity contribution in [3.63, 3.8) is 0 Å². The number of nitrogens with zero attached hydrogens (tertiary/aromatic N) is 1. The molecule has 19 heavy (non-hydrogen) atoms. The lowest BCUT2D eigenvalue weighted by molar-refractivity contribution is 0.203. The summed E-state index contributed by atoms with van der Waals surface area (Å²) < 4.78 is 5.49. The second-order valence-corrected chi connectivity index (χ2v) is 4.65. The van der Waals surface area contributed by atoms with Crippen molar-refractivity contribution in [1.82, 2.24) is 15.5 Å². The van der Waals surface area contributed by atoms with E-state index < -0.39 is 0 Å². The largest absolute Gasteiger partial charge is 0.468 e. The van der Waals surface area contributed by atoms with Gasteiger partial charge in [0.1, 0.15) is 5.76 Å². The van der Waals surface area contributed by atoms with E-state index in [0.717, 1.165) is 18.8 Å². The molecule has 1 unspecified atom stereocenters. The van der Waals surface area contributed by atoms with Gasteiger partial charge in [-0.1, -0.05) is 6.08 Å². The molecule has 2 rings (SSSR count). The van der Waals surface area contributed by atoms with Gasteiger partial charge >= 0.3 is 6.03 Å². The first-order valence-electron chi connectivity index (χ1n) is 6.71. The van der Waals surface area contributed by atoms with Crippen molar-refractivity contribution in [2.24, 2.45) is 0 Å². The molecule has 5 nitrogen and oxygen atoms in total. The fourth-order valence-electron chi connectivity index (χ4n) is 2.36. The molecule has 1 aromatic rings. The zero-order valence-corrected chi connectivity index (χ0v) is 11.1. The first kappa shape index (κ1) is 13.7. The van der Waals surface area contributed by atoms with Gasteiger partial charge in [-0.05, 0) is 38.1 Å². The zero-order chi connectivity index (χ0) is 13.5. The molecule has 2 amide bonds. The van der Waals surface area contributed by atoms with Crippen LogP contribution < -0.4 is 10.6 Å². The highest BCUT2D eigenvalue weighted by molar-refractivity contribution is 5.73. The monoisotopic (exact) mass is 263 g/mol. The van der Waals surface area contributed by atoms with Crippen LogP contribution in [0.2, 0.25) is 0 Å². The van der Waals surface area contributed by atoms with Gasteiger partial charge in [0, 0.05) is 13.1 Å². The van der Waals surface area contributed by atoms with Crippen LogP contribution in [0.3, 0.4) is 0 Å². The van der Waals surface area contributed by atoms with Crippen LogP contribution in [-0.4, -0.2) is 37.1 Å². The van der Waals surface area contributed by atoms with Crippen molar-refractivity contribution in [3.8, 4) is 0 Å². The molecule has 2 heterocycles. The van der Waals surface area contributed by atoms with E-state index >= 15 is 0 Å². The van der Waals surface area contributed by atoms with Crippen LogP contribution in [-0.2, 0) is 0 Å². The maximum absolute atomic E-state index is 11.6. The van der Waals surface area contributed by atoms with Gasteiger partial charge < -0.3 is 15.1 Å². The summed E-state index contributed by atoms with van der Waals surface area (Å²) in [7, 11) is 0. The number of furan rings is 1. The Kier molecular flexibility index (Phi) is 5.03. The number of amides is 2. The van der Waals surface area contributed by atoms with Crippen LogP contribution in [0.15, 0.2) is 35.5 Å². The maximum atomic E-state index is 11.6. The lowest BCUT2D eigenvalue weighted by Gasteiger charge is -2.25. The van der Waals surface area contributed by atoms with Crippen LogP contribution in [0.4, 0.5) is 4.79 Å². The lowest BCUT2D eigenvalue weighted by Crippen LogP contribution is -2.41. The van der Waals surface area contributed by atoms with Crippen LogP contribution in [0, 0.1) is 0 Å². The molecule has 0 radical (unpaired) electrons. The number of nitrogens with one attached hydrogen (secondary N) is 2. The van der Waals surface area contributed by atoms with E-state index in [4.69, 9.17) is 4.42 Å². The fourth-order valence-corrected chi connectivity index (χ4v) is 2.36. The highest BCUT2D eigenvalue weighted by atomic mass is 16.3. The minimum atomic E-state index is -0.171. The molecule has 1 fully saturated rings. The predicted octanol–water partition coefficient (Wildman–Crippen LogP) is 1.90. The van der Waals surface area contributed by atoms with Crippen LogP contribution in [0.25, 0.3) is 0 Å².